The van der Waals surface area contributed by atoms with Gasteiger partial charge >= 0.3 is 0 Å². The molecule has 0 bridgehead atoms. The first-order chi connectivity index (χ1) is 6.88. The van der Waals surface area contributed by atoms with Gasteiger partial charge in [-0.05, 0) is 12.0 Å². The lowest BCUT2D eigenvalue weighted by Gasteiger charge is -1.92. The molecule has 0 N–H and O–H groups in total. The standard InChI is InChI=1S/C9H8O.C2H6.CH3F/c10-9-6-5-7-3-1-2-4-8(7)9;2*1-2/h1-4H,5-6H2;1-2H3;1H3. The van der Waals surface area contributed by atoms with Crippen LogP contribution in [0.1, 0.15) is 36.2 Å². The second-order valence-electron chi connectivity index (χ2n) is 2.58. The monoisotopic (exact) mass is 196 g/mol. The molecule has 0 aromatic heterocycles. The Balaban J connectivity index is 0.000000379. The van der Waals surface area contributed by atoms with Crippen LogP contribution < -0.4 is 0 Å². The summed E-state index contributed by atoms with van der Waals surface area (Å²) in [6.45, 7) is 4.00. The van der Waals surface area contributed by atoms with E-state index in [0.717, 1.165) is 12.0 Å². The lowest BCUT2D eigenvalue weighted by Crippen LogP contribution is -1.88. The number of carbonyl (C=O) groups excluding carboxylic acids is 1. The van der Waals surface area contributed by atoms with Gasteiger partial charge in [0.2, 0.25) is 0 Å². The van der Waals surface area contributed by atoms with Crippen LogP contribution in [0.5, 0.6) is 0 Å². The summed E-state index contributed by atoms with van der Waals surface area (Å²) in [7, 11) is 0.500. The molecule has 0 saturated heterocycles. The molecule has 1 aromatic carbocycles. The molecule has 0 radical (unpaired) electrons. The molecule has 0 saturated carbocycles. The molecule has 78 valence electrons. The summed E-state index contributed by atoms with van der Waals surface area (Å²) >= 11 is 0. The van der Waals surface area contributed by atoms with E-state index in [1.165, 1.54) is 5.56 Å². The van der Waals surface area contributed by atoms with Crippen molar-refractivity contribution in [3.8, 4) is 0 Å². The Morgan fingerprint density at radius 1 is 1.07 bits per heavy atom. The van der Waals surface area contributed by atoms with Gasteiger partial charge < -0.3 is 0 Å². The molecule has 1 aliphatic rings. The number of carbonyl (C=O) groups is 1. The molecular weight excluding hydrogens is 179 g/mol. The number of hydrogen-bond donors (Lipinski definition) is 0. The summed E-state index contributed by atoms with van der Waals surface area (Å²) in [5, 5.41) is 0. The van der Waals surface area contributed by atoms with Crippen LogP contribution in [0, 0.1) is 0 Å². The quantitative estimate of drug-likeness (QED) is 0.621. The molecule has 14 heavy (non-hydrogen) atoms. The van der Waals surface area contributed by atoms with Gasteiger partial charge in [0.1, 0.15) is 0 Å². The molecule has 0 aliphatic heterocycles. The summed E-state index contributed by atoms with van der Waals surface area (Å²) in [5.41, 5.74) is 2.15. The van der Waals surface area contributed by atoms with Gasteiger partial charge in [-0.15, -0.1) is 0 Å². The van der Waals surface area contributed by atoms with E-state index < -0.39 is 0 Å². The van der Waals surface area contributed by atoms with Gasteiger partial charge in [-0.3, -0.25) is 9.18 Å². The number of hydrogen-bond acceptors (Lipinski definition) is 1. The van der Waals surface area contributed by atoms with Crippen LogP contribution in [0.3, 0.4) is 0 Å². The van der Waals surface area contributed by atoms with Gasteiger partial charge in [-0.2, -0.15) is 0 Å². The zero-order valence-corrected chi connectivity index (χ0v) is 9.01. The molecule has 0 heterocycles. The van der Waals surface area contributed by atoms with Gasteiger partial charge in [0.15, 0.2) is 5.78 Å². The number of Topliss-reactive ketones (excluding diaryl/α,β-unsaturated/α-hetero) is 1. The fraction of sp³-hybridized carbons (Fsp3) is 0.417. The van der Waals surface area contributed by atoms with Crippen LogP contribution in [0.2, 0.25) is 0 Å². The highest BCUT2D eigenvalue weighted by Gasteiger charge is 2.17. The smallest absolute Gasteiger partial charge is 0.163 e. The van der Waals surface area contributed by atoms with Gasteiger partial charge in [0.25, 0.3) is 0 Å². The number of rotatable bonds is 0. The van der Waals surface area contributed by atoms with Crippen molar-refractivity contribution in [1.82, 2.24) is 0 Å². The van der Waals surface area contributed by atoms with Crippen molar-refractivity contribution in [3.05, 3.63) is 35.4 Å². The molecule has 2 heteroatoms. The van der Waals surface area contributed by atoms with Crippen LogP contribution >= 0.6 is 0 Å². The van der Waals surface area contributed by atoms with E-state index in [9.17, 15) is 9.18 Å². The Morgan fingerprint density at radius 2 is 1.64 bits per heavy atom. The van der Waals surface area contributed by atoms with E-state index >= 15 is 0 Å². The second-order valence-corrected chi connectivity index (χ2v) is 2.58. The first kappa shape index (κ1) is 12.8. The van der Waals surface area contributed by atoms with Gasteiger partial charge in [0, 0.05) is 12.0 Å². The Morgan fingerprint density at radius 3 is 2.21 bits per heavy atom. The van der Waals surface area contributed by atoms with Crippen molar-refractivity contribution in [2.45, 2.75) is 26.7 Å². The average Bonchev–Trinajstić information content (AvgIpc) is 2.67. The van der Waals surface area contributed by atoms with Crippen LogP contribution in [-0.2, 0) is 6.42 Å². The summed E-state index contributed by atoms with van der Waals surface area (Å²) in [4.78, 5) is 11.1. The van der Waals surface area contributed by atoms with Crippen LogP contribution in [-0.4, -0.2) is 13.0 Å². The molecule has 0 unspecified atom stereocenters. The molecule has 2 rings (SSSR count). The fourth-order valence-corrected chi connectivity index (χ4v) is 1.39. The highest BCUT2D eigenvalue weighted by Crippen LogP contribution is 2.20. The Labute approximate surface area is 85.0 Å². The van der Waals surface area contributed by atoms with E-state index in [-0.39, 0.29) is 0 Å². The highest BCUT2D eigenvalue weighted by molar-refractivity contribution is 6.00. The maximum absolute atomic E-state index is 11.1. The van der Waals surface area contributed by atoms with Crippen molar-refractivity contribution in [1.29, 1.82) is 0 Å². The number of benzene rings is 1. The lowest BCUT2D eigenvalue weighted by molar-refractivity contribution is 0.0994. The molecule has 1 nitrogen and oxygen atoms in total. The van der Waals surface area contributed by atoms with Gasteiger partial charge in [-0.1, -0.05) is 38.1 Å². The van der Waals surface area contributed by atoms with Gasteiger partial charge in [-0.25, -0.2) is 0 Å². The van der Waals surface area contributed by atoms with Crippen LogP contribution in [0.4, 0.5) is 4.39 Å². The number of ketones is 1. The van der Waals surface area contributed by atoms with E-state index in [1.807, 2.05) is 38.1 Å². The zero-order chi connectivity index (χ0) is 11.0. The molecule has 0 amide bonds. The summed E-state index contributed by atoms with van der Waals surface area (Å²) in [5.74, 6) is 0.301. The first-order valence-corrected chi connectivity index (χ1v) is 4.87. The zero-order valence-electron chi connectivity index (χ0n) is 9.01. The SMILES string of the molecule is CC.CF.O=C1CCc2ccccc21. The Bertz CT molecular complexity index is 281. The summed E-state index contributed by atoms with van der Waals surface area (Å²) in [6.07, 6.45) is 1.65. The van der Waals surface area contributed by atoms with Crippen LogP contribution in [0.25, 0.3) is 0 Å². The van der Waals surface area contributed by atoms with E-state index in [2.05, 4.69) is 0 Å². The average molecular weight is 196 g/mol. The minimum Gasteiger partial charge on any atom is -0.294 e. The lowest BCUT2D eigenvalue weighted by atomic mass is 10.1. The summed E-state index contributed by atoms with van der Waals surface area (Å²) in [6, 6.07) is 7.84. The minimum absolute atomic E-state index is 0.301. The Kier molecular flexibility index (Phi) is 6.63. The number of aryl methyl sites for hydroxylation is 1. The first-order valence-electron chi connectivity index (χ1n) is 4.87. The second kappa shape index (κ2) is 7.25. The summed E-state index contributed by atoms with van der Waals surface area (Å²) < 4.78 is 9.50. The predicted molar refractivity (Wildman–Crippen MR) is 57.5 cm³/mol. The van der Waals surface area contributed by atoms with E-state index in [0.29, 0.717) is 19.4 Å². The molecule has 1 aromatic rings. The van der Waals surface area contributed by atoms with Crippen molar-refractivity contribution in [2.24, 2.45) is 0 Å². The Hall–Kier alpha value is -1.18. The highest BCUT2D eigenvalue weighted by atomic mass is 19.1. The van der Waals surface area contributed by atoms with E-state index in [4.69, 9.17) is 0 Å². The predicted octanol–water partition coefficient (Wildman–Crippen LogP) is 3.43. The number of halogens is 1. The van der Waals surface area contributed by atoms with Crippen LogP contribution in [0.15, 0.2) is 24.3 Å². The normalized spacial score (nSPS) is 11.9. The fourth-order valence-electron chi connectivity index (χ4n) is 1.39. The van der Waals surface area contributed by atoms with Crippen molar-refractivity contribution in [2.75, 3.05) is 7.18 Å². The molecule has 0 fully saturated rings. The topological polar surface area (TPSA) is 17.1 Å². The molecule has 0 spiro atoms. The maximum Gasteiger partial charge on any atom is 0.163 e. The van der Waals surface area contributed by atoms with Crippen molar-refractivity contribution in [3.63, 3.8) is 0 Å². The van der Waals surface area contributed by atoms with Crippen molar-refractivity contribution >= 4 is 5.78 Å². The van der Waals surface area contributed by atoms with Crippen molar-refractivity contribution < 1.29 is 9.18 Å². The molecule has 0 atom stereocenters. The minimum atomic E-state index is 0.301. The number of alkyl halides is 1. The molecule has 1 aliphatic carbocycles. The van der Waals surface area contributed by atoms with Gasteiger partial charge in [0.05, 0.1) is 7.18 Å². The van der Waals surface area contributed by atoms with E-state index in [1.54, 1.807) is 0 Å². The maximum atomic E-state index is 11.1. The third-order valence-corrected chi connectivity index (χ3v) is 1.94. The molecular formula is C12H17FO. The third-order valence-electron chi connectivity index (χ3n) is 1.94. The largest absolute Gasteiger partial charge is 0.294 e. The number of fused-ring (bicyclic) bond motifs is 1. The third kappa shape index (κ3) is 2.95.